The first-order valence-electron chi connectivity index (χ1n) is 8.02. The van der Waals surface area contributed by atoms with Gasteiger partial charge in [-0.15, -0.1) is 11.3 Å². The van der Waals surface area contributed by atoms with Crippen molar-refractivity contribution in [2.24, 2.45) is 5.10 Å². The third-order valence-corrected chi connectivity index (χ3v) is 6.05. The Balaban J connectivity index is 1.60. The second-order valence-corrected chi connectivity index (χ2v) is 7.57. The van der Waals surface area contributed by atoms with Crippen LogP contribution in [0.3, 0.4) is 0 Å². The molecule has 0 saturated heterocycles. The molecule has 0 atom stereocenters. The fraction of sp³-hybridized carbons (Fsp3) is 0.0526. The first-order valence-corrected chi connectivity index (χ1v) is 9.78. The van der Waals surface area contributed by atoms with Crippen molar-refractivity contribution in [2.75, 3.05) is 5.43 Å². The number of aromatic nitrogens is 2. The standard InChI is InChI=1S/C19H14N4O2S2/c1-11-15-17(27-16(11)14-6-7-26-9-14)18(21-10-20-15)23-22-8-12-2-4-13(5-3-12)19(24)25/h2-10H,1H3,(H,24,25)(H,20,21,23)/b22-8+. The highest BCUT2D eigenvalue weighted by Gasteiger charge is 2.15. The monoisotopic (exact) mass is 394 g/mol. The number of thiophene rings is 2. The average molecular weight is 394 g/mol. The molecule has 4 rings (SSSR count). The maximum Gasteiger partial charge on any atom is 0.335 e. The Kier molecular flexibility index (Phi) is 4.66. The predicted molar refractivity (Wildman–Crippen MR) is 110 cm³/mol. The van der Waals surface area contributed by atoms with E-state index >= 15 is 0 Å². The summed E-state index contributed by atoms with van der Waals surface area (Å²) >= 11 is 3.31. The van der Waals surface area contributed by atoms with Gasteiger partial charge in [0.05, 0.1) is 22.0 Å². The lowest BCUT2D eigenvalue weighted by Gasteiger charge is -2.00. The molecule has 0 amide bonds. The number of aromatic carboxylic acids is 1. The van der Waals surface area contributed by atoms with E-state index in [2.05, 4.69) is 44.2 Å². The summed E-state index contributed by atoms with van der Waals surface area (Å²) in [5.41, 5.74) is 7.24. The maximum absolute atomic E-state index is 10.9. The molecule has 0 bridgehead atoms. The van der Waals surface area contributed by atoms with E-state index in [1.807, 2.05) is 0 Å². The van der Waals surface area contributed by atoms with Crippen LogP contribution in [0.5, 0.6) is 0 Å². The second-order valence-electron chi connectivity index (χ2n) is 5.77. The Labute approximate surface area is 162 Å². The summed E-state index contributed by atoms with van der Waals surface area (Å²) in [7, 11) is 0. The first kappa shape index (κ1) is 17.3. The highest BCUT2D eigenvalue weighted by atomic mass is 32.1. The molecule has 4 aromatic rings. The number of carbonyl (C=O) groups is 1. The number of hydrazone groups is 1. The van der Waals surface area contributed by atoms with Gasteiger partial charge in [-0.2, -0.15) is 16.4 Å². The maximum atomic E-state index is 10.9. The molecule has 134 valence electrons. The van der Waals surface area contributed by atoms with E-state index in [0.29, 0.717) is 5.82 Å². The van der Waals surface area contributed by atoms with Gasteiger partial charge in [0, 0.05) is 10.4 Å². The summed E-state index contributed by atoms with van der Waals surface area (Å²) < 4.78 is 0.953. The molecule has 0 unspecified atom stereocenters. The van der Waals surface area contributed by atoms with Crippen LogP contribution in [0.25, 0.3) is 20.7 Å². The van der Waals surface area contributed by atoms with Crippen molar-refractivity contribution in [3.05, 3.63) is 64.1 Å². The summed E-state index contributed by atoms with van der Waals surface area (Å²) in [6, 6.07) is 8.59. The van der Waals surface area contributed by atoms with Crippen LogP contribution in [-0.4, -0.2) is 27.3 Å². The molecule has 0 aliphatic carbocycles. The lowest BCUT2D eigenvalue weighted by molar-refractivity contribution is 0.0697. The number of hydrogen-bond donors (Lipinski definition) is 2. The van der Waals surface area contributed by atoms with E-state index in [1.165, 1.54) is 16.8 Å². The summed E-state index contributed by atoms with van der Waals surface area (Å²) in [6.45, 7) is 2.07. The molecule has 8 heteroatoms. The van der Waals surface area contributed by atoms with Gasteiger partial charge in [-0.1, -0.05) is 12.1 Å². The molecule has 0 spiro atoms. The van der Waals surface area contributed by atoms with Crippen molar-refractivity contribution in [3.63, 3.8) is 0 Å². The van der Waals surface area contributed by atoms with Crippen LogP contribution in [0, 0.1) is 6.92 Å². The number of benzene rings is 1. The Morgan fingerprint density at radius 2 is 2.04 bits per heavy atom. The van der Waals surface area contributed by atoms with Crippen molar-refractivity contribution >= 4 is 50.9 Å². The largest absolute Gasteiger partial charge is 0.478 e. The quantitative estimate of drug-likeness (QED) is 0.372. The molecule has 0 fully saturated rings. The zero-order valence-corrected chi connectivity index (χ0v) is 15.8. The lowest BCUT2D eigenvalue weighted by atomic mass is 10.1. The van der Waals surface area contributed by atoms with Crippen LogP contribution in [0.15, 0.2) is 52.5 Å². The molecule has 0 saturated carbocycles. The van der Waals surface area contributed by atoms with Gasteiger partial charge < -0.3 is 5.11 Å². The molecule has 27 heavy (non-hydrogen) atoms. The normalized spacial score (nSPS) is 11.3. The number of carboxylic acids is 1. The highest BCUT2D eigenvalue weighted by Crippen LogP contribution is 2.40. The van der Waals surface area contributed by atoms with Gasteiger partial charge in [0.2, 0.25) is 0 Å². The van der Waals surface area contributed by atoms with Crippen LogP contribution in [-0.2, 0) is 0 Å². The Morgan fingerprint density at radius 3 is 2.74 bits per heavy atom. The molecule has 1 aromatic carbocycles. The second kappa shape index (κ2) is 7.26. The zero-order valence-electron chi connectivity index (χ0n) is 14.2. The smallest absolute Gasteiger partial charge is 0.335 e. The number of aryl methyl sites for hydroxylation is 1. The van der Waals surface area contributed by atoms with Crippen LogP contribution in [0.2, 0.25) is 0 Å². The third kappa shape index (κ3) is 3.44. The molecule has 3 heterocycles. The van der Waals surface area contributed by atoms with Crippen LogP contribution in [0.1, 0.15) is 21.5 Å². The fourth-order valence-corrected chi connectivity index (χ4v) is 4.57. The number of rotatable bonds is 5. The van der Waals surface area contributed by atoms with Gasteiger partial charge in [0.25, 0.3) is 0 Å². The van der Waals surface area contributed by atoms with Crippen molar-refractivity contribution in [1.82, 2.24) is 9.97 Å². The molecule has 0 radical (unpaired) electrons. The number of nitrogens with one attached hydrogen (secondary N) is 1. The van der Waals surface area contributed by atoms with Crippen LogP contribution in [0.4, 0.5) is 5.82 Å². The van der Waals surface area contributed by atoms with Gasteiger partial charge in [0.1, 0.15) is 6.33 Å². The highest BCUT2D eigenvalue weighted by molar-refractivity contribution is 7.23. The van der Waals surface area contributed by atoms with E-state index < -0.39 is 5.97 Å². The van der Waals surface area contributed by atoms with E-state index in [0.717, 1.165) is 21.3 Å². The topological polar surface area (TPSA) is 87.5 Å². The number of fused-ring (bicyclic) bond motifs is 1. The Hall–Kier alpha value is -3.10. The summed E-state index contributed by atoms with van der Waals surface area (Å²) in [5, 5.41) is 17.4. The van der Waals surface area contributed by atoms with Crippen molar-refractivity contribution in [3.8, 4) is 10.4 Å². The number of carboxylic acid groups (broad SMARTS) is 1. The van der Waals surface area contributed by atoms with E-state index in [1.54, 1.807) is 53.2 Å². The summed E-state index contributed by atoms with van der Waals surface area (Å²) in [6.07, 6.45) is 3.15. The minimum atomic E-state index is -0.950. The van der Waals surface area contributed by atoms with Crippen molar-refractivity contribution in [1.29, 1.82) is 0 Å². The van der Waals surface area contributed by atoms with Gasteiger partial charge in [-0.05, 0) is 47.0 Å². The van der Waals surface area contributed by atoms with Crippen molar-refractivity contribution < 1.29 is 9.90 Å². The Bertz CT molecular complexity index is 1130. The van der Waals surface area contributed by atoms with Gasteiger partial charge >= 0.3 is 5.97 Å². The van der Waals surface area contributed by atoms with Gasteiger partial charge in [-0.3, -0.25) is 5.43 Å². The third-order valence-electron chi connectivity index (χ3n) is 4.03. The van der Waals surface area contributed by atoms with Crippen molar-refractivity contribution in [2.45, 2.75) is 6.92 Å². The summed E-state index contributed by atoms with van der Waals surface area (Å²) in [4.78, 5) is 20.8. The number of anilines is 1. The average Bonchev–Trinajstić information content (AvgIpc) is 3.31. The molecular formula is C19H14N4O2S2. The number of nitrogens with zero attached hydrogens (tertiary/aromatic N) is 3. The van der Waals surface area contributed by atoms with E-state index in [-0.39, 0.29) is 5.56 Å². The van der Waals surface area contributed by atoms with E-state index in [4.69, 9.17) is 5.11 Å². The Morgan fingerprint density at radius 1 is 1.22 bits per heavy atom. The number of hydrogen-bond acceptors (Lipinski definition) is 7. The van der Waals surface area contributed by atoms with Gasteiger partial charge in [0.15, 0.2) is 5.82 Å². The SMILES string of the molecule is Cc1c(-c2ccsc2)sc2c(N/N=C/c3ccc(C(=O)O)cc3)ncnc12. The van der Waals surface area contributed by atoms with Crippen LogP contribution < -0.4 is 5.43 Å². The molecule has 2 N–H and O–H groups in total. The molecule has 6 nitrogen and oxygen atoms in total. The van der Waals surface area contributed by atoms with Crippen LogP contribution >= 0.6 is 22.7 Å². The minimum absolute atomic E-state index is 0.243. The molecule has 3 aromatic heterocycles. The predicted octanol–water partition coefficient (Wildman–Crippen LogP) is 4.87. The molecule has 0 aliphatic heterocycles. The molecule has 0 aliphatic rings. The minimum Gasteiger partial charge on any atom is -0.478 e. The molecular weight excluding hydrogens is 380 g/mol. The van der Waals surface area contributed by atoms with Gasteiger partial charge in [-0.25, -0.2) is 14.8 Å². The lowest BCUT2D eigenvalue weighted by Crippen LogP contribution is -1.97. The van der Waals surface area contributed by atoms with E-state index in [9.17, 15) is 4.79 Å². The zero-order chi connectivity index (χ0) is 18.8. The first-order chi connectivity index (χ1) is 13.1. The fourth-order valence-electron chi connectivity index (χ4n) is 2.65. The summed E-state index contributed by atoms with van der Waals surface area (Å²) in [5.74, 6) is -0.303.